The van der Waals surface area contributed by atoms with E-state index in [9.17, 15) is 9.90 Å². The monoisotopic (exact) mass is 453 g/mol. The number of ether oxygens (including phenoxy) is 1. The Morgan fingerprint density at radius 3 is 2.72 bits per heavy atom. The number of halogens is 1. The molecule has 0 spiro atoms. The van der Waals surface area contributed by atoms with Crippen LogP contribution in [-0.2, 0) is 4.74 Å². The van der Waals surface area contributed by atoms with Crippen LogP contribution in [0.2, 0.25) is 0 Å². The highest BCUT2D eigenvalue weighted by Gasteiger charge is 2.43. The Kier molecular flexibility index (Phi) is 4.64. The van der Waals surface area contributed by atoms with Crippen molar-refractivity contribution < 1.29 is 14.6 Å². The minimum atomic E-state index is -0.289. The van der Waals surface area contributed by atoms with Gasteiger partial charge in [-0.2, -0.15) is 5.10 Å². The third-order valence-corrected chi connectivity index (χ3v) is 6.16. The van der Waals surface area contributed by atoms with Crippen LogP contribution in [0.25, 0.3) is 11.3 Å². The Morgan fingerprint density at radius 1 is 1.21 bits per heavy atom. The SMILES string of the molecule is O=C1c2[nH]nc(-c3ccccc3O)c2[C@H](c2ccc(Br)cc2)N1C[C@H]1CCCO1. The molecule has 29 heavy (non-hydrogen) atoms. The lowest BCUT2D eigenvalue weighted by Gasteiger charge is -2.28. The van der Waals surface area contributed by atoms with Crippen molar-refractivity contribution in [1.82, 2.24) is 15.1 Å². The molecule has 1 aromatic heterocycles. The van der Waals surface area contributed by atoms with E-state index in [4.69, 9.17) is 4.74 Å². The number of H-pyrrole nitrogens is 1. The Balaban J connectivity index is 1.64. The van der Waals surface area contributed by atoms with Crippen molar-refractivity contribution in [3.05, 3.63) is 69.8 Å². The molecule has 148 valence electrons. The smallest absolute Gasteiger partial charge is 0.273 e. The van der Waals surface area contributed by atoms with E-state index in [1.807, 2.05) is 41.3 Å². The molecule has 0 saturated carbocycles. The summed E-state index contributed by atoms with van der Waals surface area (Å²) in [6.07, 6.45) is 2.02. The molecule has 2 atom stereocenters. The van der Waals surface area contributed by atoms with Gasteiger partial charge in [0.2, 0.25) is 0 Å². The van der Waals surface area contributed by atoms with Gasteiger partial charge in [0.15, 0.2) is 0 Å². The topological polar surface area (TPSA) is 78.5 Å². The highest BCUT2D eigenvalue weighted by molar-refractivity contribution is 9.10. The molecule has 3 aromatic rings. The number of aromatic hydroxyl groups is 1. The van der Waals surface area contributed by atoms with Crippen molar-refractivity contribution in [3.8, 4) is 17.0 Å². The lowest BCUT2D eigenvalue weighted by Crippen LogP contribution is -2.36. The van der Waals surface area contributed by atoms with Crippen molar-refractivity contribution in [2.75, 3.05) is 13.2 Å². The van der Waals surface area contributed by atoms with Gasteiger partial charge in [0.25, 0.3) is 5.91 Å². The number of rotatable bonds is 4. The van der Waals surface area contributed by atoms with Gasteiger partial charge >= 0.3 is 0 Å². The molecule has 5 rings (SSSR count). The maximum atomic E-state index is 13.3. The Hall–Kier alpha value is -2.64. The molecule has 2 N–H and O–H groups in total. The summed E-state index contributed by atoms with van der Waals surface area (Å²) in [6, 6.07) is 14.8. The van der Waals surface area contributed by atoms with Crippen LogP contribution >= 0.6 is 15.9 Å². The third-order valence-electron chi connectivity index (χ3n) is 5.63. The number of amides is 1. The van der Waals surface area contributed by atoms with E-state index in [-0.39, 0.29) is 23.8 Å². The number of fused-ring (bicyclic) bond motifs is 1. The van der Waals surface area contributed by atoms with Gasteiger partial charge in [0.1, 0.15) is 17.1 Å². The van der Waals surface area contributed by atoms with Gasteiger partial charge in [0.05, 0.1) is 12.1 Å². The summed E-state index contributed by atoms with van der Waals surface area (Å²) in [5.41, 5.74) is 3.50. The average Bonchev–Trinajstić information content (AvgIpc) is 3.44. The molecule has 6 nitrogen and oxygen atoms in total. The van der Waals surface area contributed by atoms with Gasteiger partial charge in [0, 0.05) is 28.8 Å². The fourth-order valence-corrected chi connectivity index (χ4v) is 4.53. The Labute approximate surface area is 176 Å². The van der Waals surface area contributed by atoms with Crippen molar-refractivity contribution in [1.29, 1.82) is 0 Å². The lowest BCUT2D eigenvalue weighted by atomic mass is 9.95. The quantitative estimate of drug-likeness (QED) is 0.618. The van der Waals surface area contributed by atoms with Crippen LogP contribution in [0.3, 0.4) is 0 Å². The standard InChI is InChI=1S/C22H20BrN3O3/c23-14-9-7-13(8-10-14)21-18-19(16-5-1-2-6-17(16)27)24-25-20(18)22(28)26(21)12-15-4-3-11-29-15/h1-2,5-10,15,21,27H,3-4,11-12H2,(H,24,25)/t15-,21+/m1/s1. The molecule has 2 aliphatic rings. The number of nitrogens with one attached hydrogen (secondary N) is 1. The van der Waals surface area contributed by atoms with Crippen LogP contribution in [0.1, 0.15) is 40.5 Å². The van der Waals surface area contributed by atoms with E-state index in [2.05, 4.69) is 26.1 Å². The van der Waals surface area contributed by atoms with Gasteiger partial charge in [-0.1, -0.05) is 40.2 Å². The molecule has 0 aliphatic carbocycles. The van der Waals surface area contributed by atoms with Gasteiger partial charge in [-0.05, 0) is 42.7 Å². The number of hydrogen-bond donors (Lipinski definition) is 2. The van der Waals surface area contributed by atoms with Gasteiger partial charge < -0.3 is 14.7 Å². The van der Waals surface area contributed by atoms with Crippen molar-refractivity contribution in [2.24, 2.45) is 0 Å². The Bertz CT molecular complexity index is 1060. The molecule has 1 amide bonds. The zero-order chi connectivity index (χ0) is 20.0. The van der Waals surface area contributed by atoms with Gasteiger partial charge in [-0.15, -0.1) is 0 Å². The minimum absolute atomic E-state index is 0.0439. The highest BCUT2D eigenvalue weighted by Crippen LogP contribution is 2.44. The third kappa shape index (κ3) is 3.14. The molecular weight excluding hydrogens is 434 g/mol. The predicted octanol–water partition coefficient (Wildman–Crippen LogP) is 4.27. The van der Waals surface area contributed by atoms with E-state index < -0.39 is 0 Å². The van der Waals surface area contributed by atoms with Crippen LogP contribution in [0.5, 0.6) is 5.75 Å². The first-order valence-corrected chi connectivity index (χ1v) is 10.5. The molecular formula is C22H20BrN3O3. The number of carbonyl (C=O) groups is 1. The van der Waals surface area contributed by atoms with Gasteiger partial charge in [-0.3, -0.25) is 9.89 Å². The zero-order valence-corrected chi connectivity index (χ0v) is 17.2. The molecule has 3 heterocycles. The number of phenols is 1. The largest absolute Gasteiger partial charge is 0.507 e. The highest BCUT2D eigenvalue weighted by atomic mass is 79.9. The predicted molar refractivity (Wildman–Crippen MR) is 112 cm³/mol. The summed E-state index contributed by atoms with van der Waals surface area (Å²) in [6.45, 7) is 1.27. The van der Waals surface area contributed by atoms with E-state index in [0.717, 1.165) is 35.0 Å². The van der Waals surface area contributed by atoms with Crippen LogP contribution in [0, 0.1) is 0 Å². The normalized spacial score (nSPS) is 21.0. The molecule has 1 fully saturated rings. The summed E-state index contributed by atoms with van der Waals surface area (Å²) in [5.74, 6) is 0.0546. The fourth-order valence-electron chi connectivity index (χ4n) is 4.26. The second-order valence-electron chi connectivity index (χ2n) is 7.42. The van der Waals surface area contributed by atoms with Crippen LogP contribution in [0.15, 0.2) is 53.0 Å². The fraction of sp³-hybridized carbons (Fsp3) is 0.273. The summed E-state index contributed by atoms with van der Waals surface area (Å²) >= 11 is 3.48. The van der Waals surface area contributed by atoms with Crippen molar-refractivity contribution in [3.63, 3.8) is 0 Å². The summed E-state index contributed by atoms with van der Waals surface area (Å²) in [5, 5.41) is 17.7. The summed E-state index contributed by atoms with van der Waals surface area (Å²) < 4.78 is 6.79. The number of aromatic nitrogens is 2. The zero-order valence-electron chi connectivity index (χ0n) is 15.6. The summed E-state index contributed by atoms with van der Waals surface area (Å²) in [4.78, 5) is 15.2. The van der Waals surface area contributed by atoms with Crippen LogP contribution in [-0.4, -0.2) is 45.4 Å². The molecule has 1 saturated heterocycles. The van der Waals surface area contributed by atoms with E-state index >= 15 is 0 Å². The number of benzene rings is 2. The van der Waals surface area contributed by atoms with Crippen molar-refractivity contribution >= 4 is 21.8 Å². The number of nitrogens with zero attached hydrogens (tertiary/aromatic N) is 2. The number of para-hydroxylation sites is 1. The minimum Gasteiger partial charge on any atom is -0.507 e. The molecule has 2 aliphatic heterocycles. The first kappa shape index (κ1) is 18.4. The maximum absolute atomic E-state index is 13.3. The molecule has 7 heteroatoms. The Morgan fingerprint density at radius 2 is 2.00 bits per heavy atom. The number of aromatic amines is 1. The first-order chi connectivity index (χ1) is 14.1. The van der Waals surface area contributed by atoms with E-state index in [1.165, 1.54) is 0 Å². The number of phenolic OH excluding ortho intramolecular Hbond substituents is 1. The summed E-state index contributed by atoms with van der Waals surface area (Å²) in [7, 11) is 0. The first-order valence-electron chi connectivity index (χ1n) is 9.68. The average molecular weight is 454 g/mol. The number of hydrogen-bond acceptors (Lipinski definition) is 4. The lowest BCUT2D eigenvalue weighted by molar-refractivity contribution is 0.0495. The molecule has 0 radical (unpaired) electrons. The van der Waals surface area contributed by atoms with E-state index in [1.54, 1.807) is 12.1 Å². The van der Waals surface area contributed by atoms with Crippen LogP contribution in [0.4, 0.5) is 0 Å². The second kappa shape index (κ2) is 7.31. The maximum Gasteiger partial charge on any atom is 0.273 e. The van der Waals surface area contributed by atoms with Gasteiger partial charge in [-0.25, -0.2) is 0 Å². The molecule has 2 aromatic carbocycles. The second-order valence-corrected chi connectivity index (χ2v) is 8.34. The van der Waals surface area contributed by atoms with Crippen LogP contribution < -0.4 is 0 Å². The van der Waals surface area contributed by atoms with Crippen molar-refractivity contribution in [2.45, 2.75) is 25.0 Å². The molecule has 0 unspecified atom stereocenters. The molecule has 0 bridgehead atoms. The number of carbonyl (C=O) groups excluding carboxylic acids is 1. The van der Waals surface area contributed by atoms with E-state index in [0.29, 0.717) is 23.5 Å².